The maximum Gasteiger partial charge on any atom is 0.410 e. The Morgan fingerprint density at radius 1 is 1.07 bits per heavy atom. The third-order valence-corrected chi connectivity index (χ3v) is 9.53. The summed E-state index contributed by atoms with van der Waals surface area (Å²) in [6.45, 7) is 9.77. The number of nitrogens with one attached hydrogen (secondary N) is 1. The lowest BCUT2D eigenvalue weighted by molar-refractivity contribution is 0.00720. The van der Waals surface area contributed by atoms with E-state index in [4.69, 9.17) is 14.5 Å². The van der Waals surface area contributed by atoms with E-state index in [0.29, 0.717) is 31.4 Å². The van der Waals surface area contributed by atoms with Crippen molar-refractivity contribution >= 4 is 29.2 Å². The number of hydrogen-bond acceptors (Lipinski definition) is 9. The number of anilines is 2. The minimum atomic E-state index is -2.85. The maximum absolute atomic E-state index is 14.1. The number of carbonyl (C=O) groups is 2. The molecule has 1 N–H and O–H groups in total. The van der Waals surface area contributed by atoms with Gasteiger partial charge in [-0.3, -0.25) is 14.4 Å². The highest BCUT2D eigenvalue weighted by Gasteiger charge is 2.40. The van der Waals surface area contributed by atoms with Crippen molar-refractivity contribution in [3.8, 4) is 0 Å². The molecule has 2 bridgehead atoms. The Balaban J connectivity index is 0.984. The third kappa shape index (κ3) is 6.14. The van der Waals surface area contributed by atoms with Crippen LogP contribution in [-0.4, -0.2) is 109 Å². The van der Waals surface area contributed by atoms with Gasteiger partial charge in [0, 0.05) is 51.2 Å². The van der Waals surface area contributed by atoms with Crippen LogP contribution in [0.4, 0.5) is 25.1 Å². The molecular formula is C31H41F2N9O4. The predicted octanol–water partition coefficient (Wildman–Crippen LogP) is 4.13. The number of piperazine rings is 1. The van der Waals surface area contributed by atoms with Crippen LogP contribution in [0.2, 0.25) is 0 Å². The van der Waals surface area contributed by atoms with Gasteiger partial charge in [-0.05, 0) is 58.9 Å². The molecule has 3 aromatic rings. The van der Waals surface area contributed by atoms with Gasteiger partial charge in [0.05, 0.1) is 36.7 Å². The SMILES string of the molecule is CC(C)(C)OC(=O)N1CCN([C@H]2CC[C@H](n3cc(NC(=O)c4cnn5ccc(N6C[C@H]7C[C@@H]6CO7)nc45)c(C(F)F)n3)CC2)CC1. The summed E-state index contributed by atoms with van der Waals surface area (Å²) in [7, 11) is 0. The summed E-state index contributed by atoms with van der Waals surface area (Å²) >= 11 is 0. The molecule has 4 fully saturated rings. The zero-order valence-corrected chi connectivity index (χ0v) is 26.4. The number of hydrogen-bond donors (Lipinski definition) is 1. The van der Waals surface area contributed by atoms with E-state index in [9.17, 15) is 18.4 Å². The summed E-state index contributed by atoms with van der Waals surface area (Å²) in [5.41, 5.74) is -0.431. The molecule has 3 aliphatic heterocycles. The Morgan fingerprint density at radius 3 is 2.46 bits per heavy atom. The Labute approximate surface area is 265 Å². The second-order valence-electron chi connectivity index (χ2n) is 13.7. The second kappa shape index (κ2) is 12.1. The van der Waals surface area contributed by atoms with Gasteiger partial charge in [-0.25, -0.2) is 23.1 Å². The number of carbonyl (C=O) groups excluding carboxylic acids is 2. The van der Waals surface area contributed by atoms with Gasteiger partial charge in [-0.2, -0.15) is 10.2 Å². The lowest BCUT2D eigenvalue weighted by atomic mass is 9.90. The molecule has 3 saturated heterocycles. The van der Waals surface area contributed by atoms with Gasteiger partial charge in [-0.15, -0.1) is 0 Å². The highest BCUT2D eigenvalue weighted by atomic mass is 19.3. The van der Waals surface area contributed by atoms with Gasteiger partial charge in [0.15, 0.2) is 11.3 Å². The van der Waals surface area contributed by atoms with Crippen LogP contribution in [-0.2, 0) is 9.47 Å². The van der Waals surface area contributed by atoms with Gasteiger partial charge in [0.25, 0.3) is 12.3 Å². The fourth-order valence-corrected chi connectivity index (χ4v) is 7.18. The van der Waals surface area contributed by atoms with Crippen LogP contribution in [0.3, 0.4) is 0 Å². The van der Waals surface area contributed by atoms with Crippen LogP contribution in [0.15, 0.2) is 24.7 Å². The first-order valence-corrected chi connectivity index (χ1v) is 16.2. The zero-order chi connectivity index (χ0) is 32.2. The van der Waals surface area contributed by atoms with E-state index < -0.39 is 23.6 Å². The van der Waals surface area contributed by atoms with E-state index in [2.05, 4.69) is 25.3 Å². The van der Waals surface area contributed by atoms with Crippen molar-refractivity contribution in [2.45, 2.75) is 89.1 Å². The van der Waals surface area contributed by atoms with Gasteiger partial charge in [0.2, 0.25) is 0 Å². The molecular weight excluding hydrogens is 600 g/mol. The van der Waals surface area contributed by atoms with Crippen molar-refractivity contribution in [1.29, 1.82) is 0 Å². The molecule has 4 aliphatic rings. The molecule has 1 saturated carbocycles. The number of fused-ring (bicyclic) bond motifs is 3. The number of ether oxygens (including phenoxy) is 2. The summed E-state index contributed by atoms with van der Waals surface area (Å²) in [6, 6.07) is 2.42. The first-order chi connectivity index (χ1) is 22.0. The lowest BCUT2D eigenvalue weighted by Crippen LogP contribution is -2.53. The molecule has 0 radical (unpaired) electrons. The minimum absolute atomic E-state index is 0.00936. The Kier molecular flexibility index (Phi) is 8.07. The molecule has 0 spiro atoms. The number of alkyl halides is 2. The summed E-state index contributed by atoms with van der Waals surface area (Å²) in [6.07, 6.45) is 6.03. The second-order valence-corrected chi connectivity index (χ2v) is 13.7. The molecule has 6 heterocycles. The normalized spacial score (nSPS) is 25.5. The van der Waals surface area contributed by atoms with Crippen molar-refractivity contribution in [3.63, 3.8) is 0 Å². The fraction of sp³-hybridized carbons (Fsp3) is 0.645. The van der Waals surface area contributed by atoms with Crippen molar-refractivity contribution in [2.24, 2.45) is 0 Å². The number of aromatic nitrogens is 5. The molecule has 3 aromatic heterocycles. The van der Waals surface area contributed by atoms with E-state index >= 15 is 0 Å². The number of amides is 2. The topological polar surface area (TPSA) is 122 Å². The molecule has 2 amide bonds. The van der Waals surface area contributed by atoms with Crippen LogP contribution >= 0.6 is 0 Å². The summed E-state index contributed by atoms with van der Waals surface area (Å²) in [5, 5.41) is 11.2. The van der Waals surface area contributed by atoms with Crippen molar-refractivity contribution in [3.05, 3.63) is 35.9 Å². The quantitative estimate of drug-likeness (QED) is 0.424. The largest absolute Gasteiger partial charge is 0.444 e. The van der Waals surface area contributed by atoms with E-state index in [1.165, 1.54) is 16.9 Å². The van der Waals surface area contributed by atoms with Crippen LogP contribution in [0, 0.1) is 0 Å². The Hall–Kier alpha value is -3.85. The fourth-order valence-electron chi connectivity index (χ4n) is 7.18. The molecule has 0 aromatic carbocycles. The summed E-state index contributed by atoms with van der Waals surface area (Å²) in [5.74, 6) is 0.168. The average molecular weight is 642 g/mol. The van der Waals surface area contributed by atoms with Crippen molar-refractivity contribution in [2.75, 3.05) is 49.5 Å². The molecule has 7 rings (SSSR count). The summed E-state index contributed by atoms with van der Waals surface area (Å²) < 4.78 is 42.6. The van der Waals surface area contributed by atoms with Crippen LogP contribution < -0.4 is 10.2 Å². The van der Waals surface area contributed by atoms with Crippen LogP contribution in [0.25, 0.3) is 5.65 Å². The maximum atomic E-state index is 14.1. The van der Waals surface area contributed by atoms with Crippen LogP contribution in [0.5, 0.6) is 0 Å². The number of morpholine rings is 1. The standard InChI is InChI=1S/C31H41F2N9O4/c1-31(2,3)46-30(44)39-12-10-38(11-13-39)19-4-6-20(7-5-19)42-17-24(26(37-42)27(32)33)35-29(43)23-15-34-41-9-8-25(36-28(23)41)40-16-22-14-21(40)18-45-22/h8-9,15,17,19-22,27H,4-7,10-14,16,18H2,1-3H3,(H,35,43)/t19-,20-,21-,22-/m1/s1. The monoisotopic (exact) mass is 641 g/mol. The van der Waals surface area contributed by atoms with E-state index in [0.717, 1.165) is 57.6 Å². The molecule has 1 aliphatic carbocycles. The minimum Gasteiger partial charge on any atom is -0.444 e. The number of halogens is 2. The smallest absolute Gasteiger partial charge is 0.410 e. The lowest BCUT2D eigenvalue weighted by Gasteiger charge is -2.42. The van der Waals surface area contributed by atoms with Crippen molar-refractivity contribution < 1.29 is 27.8 Å². The van der Waals surface area contributed by atoms with Gasteiger partial charge < -0.3 is 24.6 Å². The molecule has 13 nitrogen and oxygen atoms in total. The van der Waals surface area contributed by atoms with E-state index in [1.54, 1.807) is 15.8 Å². The average Bonchev–Trinajstić information content (AvgIpc) is 3.84. The highest BCUT2D eigenvalue weighted by Crippen LogP contribution is 2.35. The first kappa shape index (κ1) is 30.8. The predicted molar refractivity (Wildman–Crippen MR) is 164 cm³/mol. The third-order valence-electron chi connectivity index (χ3n) is 9.53. The van der Waals surface area contributed by atoms with E-state index in [1.807, 2.05) is 26.8 Å². The zero-order valence-electron chi connectivity index (χ0n) is 26.4. The van der Waals surface area contributed by atoms with Gasteiger partial charge in [0.1, 0.15) is 17.0 Å². The Bertz CT molecular complexity index is 1590. The molecule has 248 valence electrons. The molecule has 15 heteroatoms. The first-order valence-electron chi connectivity index (χ1n) is 16.2. The van der Waals surface area contributed by atoms with Gasteiger partial charge >= 0.3 is 6.09 Å². The van der Waals surface area contributed by atoms with Gasteiger partial charge in [-0.1, -0.05) is 0 Å². The number of rotatable bonds is 6. The Morgan fingerprint density at radius 2 is 1.80 bits per heavy atom. The van der Waals surface area contributed by atoms with Crippen LogP contribution in [0.1, 0.15) is 81.4 Å². The summed E-state index contributed by atoms with van der Waals surface area (Å²) in [4.78, 5) is 36.9. The molecule has 46 heavy (non-hydrogen) atoms. The number of nitrogens with zero attached hydrogens (tertiary/aromatic N) is 8. The molecule has 0 unspecified atom stereocenters. The highest BCUT2D eigenvalue weighted by molar-refractivity contribution is 6.08. The van der Waals surface area contributed by atoms with E-state index in [-0.39, 0.29) is 35.5 Å². The molecule has 2 atom stereocenters. The van der Waals surface area contributed by atoms with Crippen molar-refractivity contribution in [1.82, 2.24) is 34.2 Å².